The molecule has 3 aromatic rings. The molecule has 0 aliphatic rings. The highest BCUT2D eigenvalue weighted by Crippen LogP contribution is 2.25. The molecule has 2 aromatic carbocycles. The molecule has 0 radical (unpaired) electrons. The van der Waals surface area contributed by atoms with Crippen molar-refractivity contribution in [3.63, 3.8) is 0 Å². The van der Waals surface area contributed by atoms with Crippen molar-refractivity contribution in [3.05, 3.63) is 60.2 Å². The number of thioether (sulfide) groups is 1. The summed E-state index contributed by atoms with van der Waals surface area (Å²) < 4.78 is 30.6. The Morgan fingerprint density at radius 1 is 1.14 bits per heavy atom. The fourth-order valence-corrected chi connectivity index (χ4v) is 3.39. The molecule has 0 saturated heterocycles. The van der Waals surface area contributed by atoms with Gasteiger partial charge in [0.25, 0.3) is 0 Å². The number of amides is 1. The first kappa shape index (κ1) is 20.8. The number of benzene rings is 2. The average molecular weight is 418 g/mol. The third-order valence-corrected chi connectivity index (χ3v) is 5.10. The second-order valence-corrected chi connectivity index (χ2v) is 7.08. The Labute approximate surface area is 171 Å². The number of ether oxygens (including phenoxy) is 1. The molecule has 0 fully saturated rings. The Morgan fingerprint density at radius 3 is 2.55 bits per heavy atom. The van der Waals surface area contributed by atoms with Gasteiger partial charge in [-0.15, -0.1) is 10.2 Å². The van der Waals surface area contributed by atoms with E-state index in [2.05, 4.69) is 20.3 Å². The van der Waals surface area contributed by atoms with Crippen LogP contribution < -0.4 is 10.1 Å². The van der Waals surface area contributed by atoms with Crippen LogP contribution in [0.5, 0.6) is 5.75 Å². The fourth-order valence-electron chi connectivity index (χ4n) is 2.65. The minimum absolute atomic E-state index is 0.0766. The van der Waals surface area contributed by atoms with E-state index in [4.69, 9.17) is 0 Å². The number of carbonyl (C=O) groups is 1. The van der Waals surface area contributed by atoms with Crippen LogP contribution in [0.15, 0.2) is 59.8 Å². The van der Waals surface area contributed by atoms with Crippen LogP contribution in [0.3, 0.4) is 0 Å². The molecule has 0 unspecified atom stereocenters. The number of halogens is 2. The molecule has 1 aromatic heterocycles. The van der Waals surface area contributed by atoms with Crippen LogP contribution in [-0.2, 0) is 18.3 Å². The lowest BCUT2D eigenvalue weighted by molar-refractivity contribution is -0.118. The molecule has 0 bridgehead atoms. The maximum absolute atomic E-state index is 12.2. The van der Waals surface area contributed by atoms with Crippen molar-refractivity contribution in [2.45, 2.75) is 18.2 Å². The van der Waals surface area contributed by atoms with Gasteiger partial charge in [0, 0.05) is 19.2 Å². The lowest BCUT2D eigenvalue weighted by atomic mass is 10.1. The number of alkyl halides is 2. The molecule has 1 amide bonds. The summed E-state index contributed by atoms with van der Waals surface area (Å²) in [5.41, 5.74) is 1.88. The quantitative estimate of drug-likeness (QED) is 0.539. The summed E-state index contributed by atoms with van der Waals surface area (Å²) >= 11 is 1.28. The largest absolute Gasteiger partial charge is 0.435 e. The molecule has 29 heavy (non-hydrogen) atoms. The monoisotopic (exact) mass is 418 g/mol. The number of hydrogen-bond acceptors (Lipinski definition) is 5. The summed E-state index contributed by atoms with van der Waals surface area (Å²) in [5, 5.41) is 11.7. The zero-order valence-corrected chi connectivity index (χ0v) is 16.5. The van der Waals surface area contributed by atoms with Crippen molar-refractivity contribution in [1.82, 2.24) is 20.1 Å². The molecule has 3 rings (SSSR count). The van der Waals surface area contributed by atoms with E-state index in [-0.39, 0.29) is 17.4 Å². The van der Waals surface area contributed by atoms with Gasteiger partial charge in [-0.2, -0.15) is 8.78 Å². The van der Waals surface area contributed by atoms with Crippen LogP contribution in [0.4, 0.5) is 8.78 Å². The van der Waals surface area contributed by atoms with Gasteiger partial charge in [0.2, 0.25) is 5.91 Å². The Morgan fingerprint density at radius 2 is 1.86 bits per heavy atom. The van der Waals surface area contributed by atoms with E-state index in [0.29, 0.717) is 23.1 Å². The van der Waals surface area contributed by atoms with Crippen molar-refractivity contribution in [1.29, 1.82) is 0 Å². The third kappa shape index (κ3) is 6.02. The van der Waals surface area contributed by atoms with Crippen molar-refractivity contribution in [3.8, 4) is 17.1 Å². The highest BCUT2D eigenvalue weighted by molar-refractivity contribution is 7.99. The van der Waals surface area contributed by atoms with Crippen LogP contribution in [0.2, 0.25) is 0 Å². The molecule has 0 aliphatic heterocycles. The van der Waals surface area contributed by atoms with Gasteiger partial charge >= 0.3 is 6.61 Å². The molecule has 1 N–H and O–H groups in total. The lowest BCUT2D eigenvalue weighted by Crippen LogP contribution is -2.27. The van der Waals surface area contributed by atoms with Gasteiger partial charge in [0.1, 0.15) is 5.75 Å². The van der Waals surface area contributed by atoms with Gasteiger partial charge < -0.3 is 14.6 Å². The van der Waals surface area contributed by atoms with Gasteiger partial charge in [-0.05, 0) is 36.2 Å². The van der Waals surface area contributed by atoms with Gasteiger partial charge in [0.05, 0.1) is 5.75 Å². The minimum Gasteiger partial charge on any atom is -0.435 e. The Bertz CT molecular complexity index is 933. The third-order valence-electron chi connectivity index (χ3n) is 4.08. The van der Waals surface area contributed by atoms with Crippen LogP contribution in [-0.4, -0.2) is 39.6 Å². The Hall–Kier alpha value is -2.94. The lowest BCUT2D eigenvalue weighted by Gasteiger charge is -2.07. The number of aromatic nitrogens is 3. The molecule has 9 heteroatoms. The molecule has 0 spiro atoms. The summed E-state index contributed by atoms with van der Waals surface area (Å²) in [6.45, 7) is -2.29. The van der Waals surface area contributed by atoms with E-state index in [0.717, 1.165) is 6.42 Å². The highest BCUT2D eigenvalue weighted by atomic mass is 32.2. The van der Waals surface area contributed by atoms with Crippen molar-refractivity contribution in [2.75, 3.05) is 12.3 Å². The molecule has 152 valence electrons. The second kappa shape index (κ2) is 10.0. The normalized spacial score (nSPS) is 10.9. The van der Waals surface area contributed by atoms with E-state index in [1.54, 1.807) is 23.7 Å². The van der Waals surface area contributed by atoms with E-state index in [1.165, 1.54) is 29.5 Å². The first-order chi connectivity index (χ1) is 14.0. The highest BCUT2D eigenvalue weighted by Gasteiger charge is 2.13. The van der Waals surface area contributed by atoms with Gasteiger partial charge in [-0.25, -0.2) is 0 Å². The molecule has 6 nitrogen and oxygen atoms in total. The number of nitrogens with zero attached hydrogens (tertiary/aromatic N) is 3. The number of rotatable bonds is 9. The predicted molar refractivity (Wildman–Crippen MR) is 107 cm³/mol. The van der Waals surface area contributed by atoms with Crippen LogP contribution in [0, 0.1) is 0 Å². The SMILES string of the molecule is Cn1c(SCC(=O)NCCc2ccccc2)nnc1-c1ccc(OC(F)F)cc1. The second-order valence-electron chi connectivity index (χ2n) is 6.14. The van der Waals surface area contributed by atoms with Gasteiger partial charge in [-0.1, -0.05) is 42.1 Å². The summed E-state index contributed by atoms with van der Waals surface area (Å²) in [4.78, 5) is 12.1. The molecular weight excluding hydrogens is 398 g/mol. The molecule has 0 atom stereocenters. The smallest absolute Gasteiger partial charge is 0.387 e. The average Bonchev–Trinajstić information content (AvgIpc) is 3.08. The maximum atomic E-state index is 12.2. The number of hydrogen-bond donors (Lipinski definition) is 1. The zero-order chi connectivity index (χ0) is 20.6. The van der Waals surface area contributed by atoms with Crippen molar-refractivity contribution < 1.29 is 18.3 Å². The van der Waals surface area contributed by atoms with E-state index in [9.17, 15) is 13.6 Å². The molecular formula is C20H20F2N4O2S. The number of nitrogens with one attached hydrogen (secondary N) is 1. The van der Waals surface area contributed by atoms with Crippen LogP contribution in [0.25, 0.3) is 11.4 Å². The van der Waals surface area contributed by atoms with Crippen LogP contribution >= 0.6 is 11.8 Å². The van der Waals surface area contributed by atoms with Crippen LogP contribution in [0.1, 0.15) is 5.56 Å². The van der Waals surface area contributed by atoms with Crippen molar-refractivity contribution in [2.24, 2.45) is 7.05 Å². The predicted octanol–water partition coefficient (Wildman–Crippen LogP) is 3.53. The topological polar surface area (TPSA) is 69.0 Å². The summed E-state index contributed by atoms with van der Waals surface area (Å²) in [7, 11) is 1.79. The van der Waals surface area contributed by atoms with Gasteiger partial charge in [0.15, 0.2) is 11.0 Å². The number of carbonyl (C=O) groups excluding carboxylic acids is 1. The van der Waals surface area contributed by atoms with E-state index >= 15 is 0 Å². The summed E-state index contributed by atoms with van der Waals surface area (Å²) in [6.07, 6.45) is 0.774. The molecule has 0 saturated carbocycles. The Balaban J connectivity index is 1.51. The Kier molecular flexibility index (Phi) is 7.18. The molecule has 0 aliphatic carbocycles. The first-order valence-corrected chi connectivity index (χ1v) is 9.89. The van der Waals surface area contributed by atoms with Gasteiger partial charge in [-0.3, -0.25) is 4.79 Å². The standard InChI is InChI=1S/C20H20F2N4O2S/c1-26-18(15-7-9-16(10-8-15)28-19(21)22)24-25-20(26)29-13-17(27)23-12-11-14-5-3-2-4-6-14/h2-10,19H,11-13H2,1H3,(H,23,27). The zero-order valence-electron chi connectivity index (χ0n) is 15.7. The van der Waals surface area contributed by atoms with Crippen molar-refractivity contribution >= 4 is 17.7 Å². The molecule has 1 heterocycles. The summed E-state index contributed by atoms with van der Waals surface area (Å²) in [5.74, 6) is 0.791. The fraction of sp³-hybridized carbons (Fsp3) is 0.250. The maximum Gasteiger partial charge on any atom is 0.387 e. The van der Waals surface area contributed by atoms with E-state index < -0.39 is 6.61 Å². The van der Waals surface area contributed by atoms with E-state index in [1.807, 2.05) is 30.3 Å². The summed E-state index contributed by atoms with van der Waals surface area (Å²) in [6, 6.07) is 16.1. The minimum atomic E-state index is -2.86. The first-order valence-electron chi connectivity index (χ1n) is 8.91.